The van der Waals surface area contributed by atoms with Crippen molar-refractivity contribution in [1.29, 1.82) is 0 Å². The van der Waals surface area contributed by atoms with Crippen molar-refractivity contribution < 1.29 is 24.2 Å². The first-order valence-electron chi connectivity index (χ1n) is 8.26. The molecule has 0 spiro atoms. The quantitative estimate of drug-likeness (QED) is 0.828. The van der Waals surface area contributed by atoms with Crippen molar-refractivity contribution in [3.63, 3.8) is 0 Å². The van der Waals surface area contributed by atoms with Gasteiger partial charge in [-0.3, -0.25) is 9.59 Å². The molecular formula is C18H25NO5. The van der Waals surface area contributed by atoms with Gasteiger partial charge in [0.2, 0.25) is 5.91 Å². The summed E-state index contributed by atoms with van der Waals surface area (Å²) >= 11 is 0. The lowest BCUT2D eigenvalue weighted by atomic mass is 9.81. The Labute approximate surface area is 142 Å². The third kappa shape index (κ3) is 4.88. The first kappa shape index (κ1) is 18.1. The summed E-state index contributed by atoms with van der Waals surface area (Å²) in [4.78, 5) is 25.0. The Kier molecular flexibility index (Phi) is 6.46. The number of amides is 1. The van der Waals surface area contributed by atoms with Crippen LogP contribution in [0.5, 0.6) is 11.5 Å². The van der Waals surface area contributed by atoms with E-state index in [0.717, 1.165) is 11.5 Å². The molecule has 1 fully saturated rings. The number of hydrogen-bond acceptors (Lipinski definition) is 4. The molecule has 0 aliphatic heterocycles. The predicted octanol–water partition coefficient (Wildman–Crippen LogP) is 2.42. The molecule has 0 unspecified atom stereocenters. The molecule has 1 amide bonds. The van der Waals surface area contributed by atoms with Crippen LogP contribution in [-0.4, -0.2) is 49.2 Å². The second-order valence-corrected chi connectivity index (χ2v) is 6.17. The van der Waals surface area contributed by atoms with Crippen molar-refractivity contribution in [2.75, 3.05) is 27.3 Å². The maximum absolute atomic E-state index is 12.4. The van der Waals surface area contributed by atoms with Crippen molar-refractivity contribution in [1.82, 2.24) is 4.90 Å². The molecule has 0 heterocycles. The fraction of sp³-hybridized carbons (Fsp3) is 0.556. The third-order valence-corrected chi connectivity index (χ3v) is 4.56. The van der Waals surface area contributed by atoms with Gasteiger partial charge in [0.25, 0.3) is 0 Å². The minimum atomic E-state index is -0.748. The lowest BCUT2D eigenvalue weighted by Crippen LogP contribution is -2.38. The van der Waals surface area contributed by atoms with Crippen LogP contribution in [0.4, 0.5) is 0 Å². The summed E-state index contributed by atoms with van der Waals surface area (Å²) in [6, 6.07) is 7.30. The molecule has 0 radical (unpaired) electrons. The van der Waals surface area contributed by atoms with Crippen LogP contribution < -0.4 is 9.47 Å². The van der Waals surface area contributed by atoms with E-state index in [9.17, 15) is 9.59 Å². The second kappa shape index (κ2) is 8.57. The molecule has 0 atom stereocenters. The van der Waals surface area contributed by atoms with E-state index in [2.05, 4.69) is 0 Å². The van der Waals surface area contributed by atoms with Crippen molar-refractivity contribution >= 4 is 11.9 Å². The van der Waals surface area contributed by atoms with Crippen LogP contribution in [-0.2, 0) is 9.59 Å². The number of carbonyl (C=O) groups is 2. The first-order chi connectivity index (χ1) is 11.5. The van der Waals surface area contributed by atoms with Gasteiger partial charge in [-0.25, -0.2) is 0 Å². The number of aliphatic carboxylic acids is 1. The monoisotopic (exact) mass is 335 g/mol. The van der Waals surface area contributed by atoms with Gasteiger partial charge in [-0.15, -0.1) is 0 Å². The van der Waals surface area contributed by atoms with Gasteiger partial charge in [0.05, 0.1) is 19.6 Å². The molecule has 1 aromatic rings. The minimum absolute atomic E-state index is 0.0633. The van der Waals surface area contributed by atoms with Gasteiger partial charge in [-0.1, -0.05) is 0 Å². The summed E-state index contributed by atoms with van der Waals surface area (Å²) in [5.41, 5.74) is 0. The molecule has 6 nitrogen and oxygen atoms in total. The highest BCUT2D eigenvalue weighted by molar-refractivity contribution is 5.79. The normalized spacial score (nSPS) is 20.2. The van der Waals surface area contributed by atoms with Crippen LogP contribution in [0.2, 0.25) is 0 Å². The van der Waals surface area contributed by atoms with E-state index < -0.39 is 5.97 Å². The van der Waals surface area contributed by atoms with Crippen molar-refractivity contribution in [3.8, 4) is 11.5 Å². The Morgan fingerprint density at radius 2 is 1.62 bits per heavy atom. The Morgan fingerprint density at radius 3 is 2.17 bits per heavy atom. The highest BCUT2D eigenvalue weighted by Gasteiger charge is 2.31. The van der Waals surface area contributed by atoms with Crippen LogP contribution in [0.15, 0.2) is 24.3 Å². The van der Waals surface area contributed by atoms with E-state index in [4.69, 9.17) is 14.6 Å². The number of benzene rings is 1. The number of methoxy groups -OCH3 is 1. The summed E-state index contributed by atoms with van der Waals surface area (Å²) in [6.07, 6.45) is 2.48. The maximum atomic E-state index is 12.4. The topological polar surface area (TPSA) is 76.1 Å². The standard InChI is InChI=1S/C18H25NO5/c1-19(11-12-24-16-9-7-15(23-2)8-10-16)17(20)13-3-5-14(6-4-13)18(21)22/h7-10,13-14H,3-6,11-12H2,1-2H3,(H,21,22). The molecule has 24 heavy (non-hydrogen) atoms. The van der Waals surface area contributed by atoms with Gasteiger partial charge in [0.1, 0.15) is 18.1 Å². The van der Waals surface area contributed by atoms with Crippen LogP contribution in [0.3, 0.4) is 0 Å². The number of nitrogens with zero attached hydrogens (tertiary/aromatic N) is 1. The maximum Gasteiger partial charge on any atom is 0.306 e. The van der Waals surface area contributed by atoms with E-state index in [1.54, 1.807) is 19.1 Å². The van der Waals surface area contributed by atoms with Crippen LogP contribution in [0.1, 0.15) is 25.7 Å². The van der Waals surface area contributed by atoms with Crippen LogP contribution >= 0.6 is 0 Å². The smallest absolute Gasteiger partial charge is 0.306 e. The number of carboxylic acids is 1. The lowest BCUT2D eigenvalue weighted by molar-refractivity contribution is -0.145. The Morgan fingerprint density at radius 1 is 1.08 bits per heavy atom. The minimum Gasteiger partial charge on any atom is -0.497 e. The number of carbonyl (C=O) groups excluding carboxylic acids is 1. The molecule has 1 N–H and O–H groups in total. The number of hydrogen-bond donors (Lipinski definition) is 1. The van der Waals surface area contributed by atoms with E-state index in [0.29, 0.717) is 38.8 Å². The van der Waals surface area contributed by atoms with E-state index >= 15 is 0 Å². The molecular weight excluding hydrogens is 310 g/mol. The van der Waals surface area contributed by atoms with Crippen molar-refractivity contribution in [2.45, 2.75) is 25.7 Å². The fourth-order valence-corrected chi connectivity index (χ4v) is 2.98. The van der Waals surface area contributed by atoms with Gasteiger partial charge in [0.15, 0.2) is 0 Å². The summed E-state index contributed by atoms with van der Waals surface area (Å²) in [5.74, 6) is 0.480. The Bertz CT molecular complexity index is 549. The molecule has 1 aliphatic carbocycles. The highest BCUT2D eigenvalue weighted by atomic mass is 16.5. The summed E-state index contributed by atoms with van der Waals surface area (Å²) < 4.78 is 10.7. The van der Waals surface area contributed by atoms with Crippen LogP contribution in [0, 0.1) is 11.8 Å². The zero-order chi connectivity index (χ0) is 17.5. The summed E-state index contributed by atoms with van der Waals surface area (Å²) in [5, 5.41) is 9.01. The second-order valence-electron chi connectivity index (χ2n) is 6.17. The van der Waals surface area contributed by atoms with Gasteiger partial charge < -0.3 is 19.5 Å². The number of carboxylic acid groups (broad SMARTS) is 1. The first-order valence-corrected chi connectivity index (χ1v) is 8.26. The molecule has 0 saturated heterocycles. The zero-order valence-corrected chi connectivity index (χ0v) is 14.2. The van der Waals surface area contributed by atoms with Crippen molar-refractivity contribution in [3.05, 3.63) is 24.3 Å². The molecule has 2 rings (SSSR count). The number of rotatable bonds is 7. The lowest BCUT2D eigenvalue weighted by Gasteiger charge is -2.28. The summed E-state index contributed by atoms with van der Waals surface area (Å²) in [7, 11) is 3.38. The third-order valence-electron chi connectivity index (χ3n) is 4.56. The van der Waals surface area contributed by atoms with E-state index in [1.807, 2.05) is 24.3 Å². The average molecular weight is 335 g/mol. The molecule has 1 aliphatic rings. The van der Waals surface area contributed by atoms with E-state index in [1.165, 1.54) is 0 Å². The van der Waals surface area contributed by atoms with Gasteiger partial charge in [-0.2, -0.15) is 0 Å². The molecule has 132 valence electrons. The molecule has 0 bridgehead atoms. The van der Waals surface area contributed by atoms with Gasteiger partial charge >= 0.3 is 5.97 Å². The molecule has 1 saturated carbocycles. The van der Waals surface area contributed by atoms with Crippen LogP contribution in [0.25, 0.3) is 0 Å². The molecule has 6 heteroatoms. The zero-order valence-electron chi connectivity index (χ0n) is 14.2. The summed E-state index contributed by atoms with van der Waals surface area (Å²) in [6.45, 7) is 0.919. The largest absolute Gasteiger partial charge is 0.497 e. The Balaban J connectivity index is 1.72. The fourth-order valence-electron chi connectivity index (χ4n) is 2.98. The Hall–Kier alpha value is -2.24. The van der Waals surface area contributed by atoms with E-state index in [-0.39, 0.29) is 17.7 Å². The highest BCUT2D eigenvalue weighted by Crippen LogP contribution is 2.30. The number of ether oxygens (including phenoxy) is 2. The number of likely N-dealkylation sites (N-methyl/N-ethyl adjacent to an activating group) is 1. The van der Waals surface area contributed by atoms with Crippen molar-refractivity contribution in [2.24, 2.45) is 11.8 Å². The SMILES string of the molecule is COc1ccc(OCCN(C)C(=O)C2CCC(C(=O)O)CC2)cc1. The molecule has 0 aromatic heterocycles. The van der Waals surface area contributed by atoms with Gasteiger partial charge in [-0.05, 0) is 49.9 Å². The average Bonchev–Trinajstić information content (AvgIpc) is 2.61. The molecule has 1 aromatic carbocycles. The van der Waals surface area contributed by atoms with Gasteiger partial charge in [0, 0.05) is 13.0 Å². The predicted molar refractivity (Wildman–Crippen MR) is 89.2 cm³/mol.